The molecule has 3 rings (SSSR count). The van der Waals surface area contributed by atoms with Gasteiger partial charge in [0.05, 0.1) is 17.1 Å². The molecule has 4 nitrogen and oxygen atoms in total. The van der Waals surface area contributed by atoms with Crippen LogP contribution in [-0.4, -0.2) is 14.6 Å². The first-order valence-corrected chi connectivity index (χ1v) is 6.79. The first-order valence-electron chi connectivity index (χ1n) is 6.00. The van der Waals surface area contributed by atoms with E-state index in [2.05, 4.69) is 26.0 Å². The quantitative estimate of drug-likeness (QED) is 0.790. The summed E-state index contributed by atoms with van der Waals surface area (Å²) in [6.07, 6.45) is 0. The van der Waals surface area contributed by atoms with Crippen molar-refractivity contribution in [1.82, 2.24) is 14.6 Å². The Morgan fingerprint density at radius 1 is 1.26 bits per heavy atom. The summed E-state index contributed by atoms with van der Waals surface area (Å²) in [6, 6.07) is 12.0. The Bertz CT molecular complexity index is 748. The smallest absolute Gasteiger partial charge is 0.154 e. The normalized spacial score (nSPS) is 11.1. The van der Waals surface area contributed by atoms with Gasteiger partial charge in [-0.05, 0) is 31.2 Å². The fraction of sp³-hybridized carbons (Fsp3) is 0.143. The lowest BCUT2D eigenvalue weighted by Gasteiger charge is -2.04. The summed E-state index contributed by atoms with van der Waals surface area (Å²) in [5.74, 6) is 0. The van der Waals surface area contributed by atoms with E-state index >= 15 is 0 Å². The minimum atomic E-state index is 0.432. The maximum atomic E-state index is 5.77. The molecule has 0 spiro atoms. The van der Waals surface area contributed by atoms with Crippen LogP contribution in [0, 0.1) is 6.92 Å². The molecule has 0 saturated heterocycles. The van der Waals surface area contributed by atoms with Crippen LogP contribution in [0.15, 0.2) is 40.9 Å². The van der Waals surface area contributed by atoms with Gasteiger partial charge in [-0.25, -0.2) is 9.50 Å². The highest BCUT2D eigenvalue weighted by Gasteiger charge is 2.09. The van der Waals surface area contributed by atoms with Crippen LogP contribution in [0.2, 0.25) is 0 Å². The van der Waals surface area contributed by atoms with E-state index in [9.17, 15) is 0 Å². The van der Waals surface area contributed by atoms with E-state index in [1.54, 1.807) is 0 Å². The molecule has 0 saturated carbocycles. The maximum absolute atomic E-state index is 5.77. The third-order valence-corrected chi connectivity index (χ3v) is 3.58. The zero-order valence-electron chi connectivity index (χ0n) is 10.5. The third kappa shape index (κ3) is 2.15. The minimum Gasteiger partial charge on any atom is -0.325 e. The molecular weight excluding hydrogens is 304 g/mol. The molecule has 2 aromatic heterocycles. The molecule has 0 amide bonds. The van der Waals surface area contributed by atoms with Crippen LogP contribution in [-0.2, 0) is 6.54 Å². The second-order valence-electron chi connectivity index (χ2n) is 4.35. The summed E-state index contributed by atoms with van der Waals surface area (Å²) in [5, 5.41) is 4.63. The van der Waals surface area contributed by atoms with Gasteiger partial charge in [0.15, 0.2) is 5.65 Å². The van der Waals surface area contributed by atoms with Crippen molar-refractivity contribution in [2.45, 2.75) is 13.5 Å². The summed E-state index contributed by atoms with van der Waals surface area (Å²) >= 11 is 3.47. The fourth-order valence-corrected chi connectivity index (χ4v) is 2.52. The van der Waals surface area contributed by atoms with E-state index in [1.807, 2.05) is 47.8 Å². The van der Waals surface area contributed by atoms with Crippen LogP contribution < -0.4 is 5.73 Å². The van der Waals surface area contributed by atoms with E-state index in [-0.39, 0.29) is 0 Å². The van der Waals surface area contributed by atoms with Crippen molar-refractivity contribution >= 4 is 21.6 Å². The lowest BCUT2D eigenvalue weighted by atomic mass is 10.1. The number of benzene rings is 1. The van der Waals surface area contributed by atoms with Crippen LogP contribution in [0.4, 0.5) is 0 Å². The van der Waals surface area contributed by atoms with Gasteiger partial charge in [0.25, 0.3) is 0 Å². The standard InChI is InChI=1S/C14H13BrN4/c1-9-13(8-16)19-14(17-9)6-5-12(18-19)10-3-2-4-11(15)7-10/h2-7H,8,16H2,1H3. The van der Waals surface area contributed by atoms with Crippen molar-refractivity contribution in [1.29, 1.82) is 0 Å². The molecule has 0 unspecified atom stereocenters. The largest absolute Gasteiger partial charge is 0.325 e. The molecule has 0 aliphatic carbocycles. The second kappa shape index (κ2) is 4.75. The summed E-state index contributed by atoms with van der Waals surface area (Å²) in [6.45, 7) is 2.39. The van der Waals surface area contributed by atoms with Crippen molar-refractivity contribution in [3.8, 4) is 11.3 Å². The van der Waals surface area contributed by atoms with Crippen LogP contribution in [0.1, 0.15) is 11.4 Å². The number of hydrogen-bond acceptors (Lipinski definition) is 3. The summed E-state index contributed by atoms with van der Waals surface area (Å²) in [4.78, 5) is 4.45. The molecule has 2 heterocycles. The molecular formula is C14H13BrN4. The molecule has 0 aliphatic heterocycles. The van der Waals surface area contributed by atoms with Gasteiger partial charge in [0, 0.05) is 16.6 Å². The molecule has 1 aromatic carbocycles. The molecule has 0 aliphatic rings. The number of aromatic nitrogens is 3. The van der Waals surface area contributed by atoms with E-state index in [0.717, 1.165) is 32.8 Å². The predicted octanol–water partition coefficient (Wildman–Crippen LogP) is 2.93. The lowest BCUT2D eigenvalue weighted by Crippen LogP contribution is -2.05. The number of imidazole rings is 1. The zero-order chi connectivity index (χ0) is 13.4. The van der Waals surface area contributed by atoms with Gasteiger partial charge in [-0.1, -0.05) is 28.1 Å². The molecule has 96 valence electrons. The molecule has 3 aromatic rings. The SMILES string of the molecule is Cc1nc2ccc(-c3cccc(Br)c3)nn2c1CN. The monoisotopic (exact) mass is 316 g/mol. The highest BCUT2D eigenvalue weighted by molar-refractivity contribution is 9.10. The van der Waals surface area contributed by atoms with Crippen molar-refractivity contribution in [3.63, 3.8) is 0 Å². The Labute approximate surface area is 119 Å². The number of fused-ring (bicyclic) bond motifs is 1. The molecule has 19 heavy (non-hydrogen) atoms. The van der Waals surface area contributed by atoms with Gasteiger partial charge < -0.3 is 5.73 Å². The average molecular weight is 317 g/mol. The number of aryl methyl sites for hydroxylation is 1. The number of rotatable bonds is 2. The number of nitrogens with two attached hydrogens (primary N) is 1. The zero-order valence-corrected chi connectivity index (χ0v) is 12.1. The van der Waals surface area contributed by atoms with E-state index in [4.69, 9.17) is 5.73 Å². The Kier molecular flexibility index (Phi) is 3.08. The molecule has 2 N–H and O–H groups in total. The summed E-state index contributed by atoms with van der Waals surface area (Å²) in [5.41, 5.74) is 10.4. The number of nitrogens with zero attached hydrogens (tertiary/aromatic N) is 3. The van der Waals surface area contributed by atoms with Crippen LogP contribution in [0.3, 0.4) is 0 Å². The Morgan fingerprint density at radius 3 is 2.84 bits per heavy atom. The molecule has 0 fully saturated rings. The third-order valence-electron chi connectivity index (χ3n) is 3.08. The van der Waals surface area contributed by atoms with Gasteiger partial charge >= 0.3 is 0 Å². The van der Waals surface area contributed by atoms with E-state index in [1.165, 1.54) is 0 Å². The van der Waals surface area contributed by atoms with Crippen molar-refractivity contribution in [3.05, 3.63) is 52.3 Å². The van der Waals surface area contributed by atoms with E-state index < -0.39 is 0 Å². The summed E-state index contributed by atoms with van der Waals surface area (Å²) < 4.78 is 2.86. The number of halogens is 1. The Hall–Kier alpha value is -1.72. The Morgan fingerprint density at radius 2 is 2.11 bits per heavy atom. The van der Waals surface area contributed by atoms with Gasteiger partial charge in [0.2, 0.25) is 0 Å². The van der Waals surface area contributed by atoms with E-state index in [0.29, 0.717) is 6.54 Å². The second-order valence-corrected chi connectivity index (χ2v) is 5.26. The topological polar surface area (TPSA) is 56.2 Å². The highest BCUT2D eigenvalue weighted by Crippen LogP contribution is 2.22. The molecule has 0 radical (unpaired) electrons. The van der Waals surface area contributed by atoms with Gasteiger partial charge in [-0.2, -0.15) is 5.10 Å². The van der Waals surface area contributed by atoms with Crippen LogP contribution in [0.5, 0.6) is 0 Å². The maximum Gasteiger partial charge on any atom is 0.154 e. The average Bonchev–Trinajstić information content (AvgIpc) is 2.73. The predicted molar refractivity (Wildman–Crippen MR) is 78.8 cm³/mol. The number of hydrogen-bond donors (Lipinski definition) is 1. The first kappa shape index (κ1) is 12.3. The van der Waals surface area contributed by atoms with Gasteiger partial charge in [0.1, 0.15) is 0 Å². The van der Waals surface area contributed by atoms with Gasteiger partial charge in [-0.15, -0.1) is 0 Å². The van der Waals surface area contributed by atoms with Crippen LogP contribution in [0.25, 0.3) is 16.9 Å². The van der Waals surface area contributed by atoms with Crippen molar-refractivity contribution < 1.29 is 0 Å². The van der Waals surface area contributed by atoms with Crippen molar-refractivity contribution in [2.75, 3.05) is 0 Å². The van der Waals surface area contributed by atoms with Gasteiger partial charge in [-0.3, -0.25) is 0 Å². The highest BCUT2D eigenvalue weighted by atomic mass is 79.9. The Balaban J connectivity index is 2.21. The molecule has 5 heteroatoms. The lowest BCUT2D eigenvalue weighted by molar-refractivity contribution is 0.843. The first-order chi connectivity index (χ1) is 9.19. The molecule has 0 atom stereocenters. The molecule has 0 bridgehead atoms. The fourth-order valence-electron chi connectivity index (χ4n) is 2.13. The van der Waals surface area contributed by atoms with Crippen LogP contribution >= 0.6 is 15.9 Å². The minimum absolute atomic E-state index is 0.432. The van der Waals surface area contributed by atoms with Crippen molar-refractivity contribution in [2.24, 2.45) is 5.73 Å². The summed E-state index contributed by atoms with van der Waals surface area (Å²) in [7, 11) is 0.